The van der Waals surface area contributed by atoms with Gasteiger partial charge in [0.25, 0.3) is 0 Å². The minimum Gasteiger partial charge on any atom is -0.481 e. The predicted octanol–water partition coefficient (Wildman–Crippen LogP) is 3.94. The standard InChI is InChI=1S/C23H31N3O3/c1-14(2)18-11-16(12-21-25-19-6-4-5-7-20(19)26-21)15(3)10-17(18)13-24-22(27)8-9-23(28)29/h4-7,10,14,16-18H,8-9,11-13H2,1-3H3,(H,24,27)(H,25,26)(H,28,29)/t16-,17-,18-/m0/s1. The van der Waals surface area contributed by atoms with Crippen LogP contribution in [0.25, 0.3) is 11.0 Å². The molecule has 0 bridgehead atoms. The number of nitrogens with one attached hydrogen (secondary N) is 2. The zero-order valence-electron chi connectivity index (χ0n) is 17.4. The van der Waals surface area contributed by atoms with Gasteiger partial charge in [0.05, 0.1) is 17.5 Å². The summed E-state index contributed by atoms with van der Waals surface area (Å²) in [6.07, 6.45) is 4.16. The summed E-state index contributed by atoms with van der Waals surface area (Å²) in [6.45, 7) is 7.20. The van der Waals surface area contributed by atoms with Crippen LogP contribution in [0.2, 0.25) is 0 Å². The molecule has 3 rings (SSSR count). The quantitative estimate of drug-likeness (QED) is 0.588. The fourth-order valence-electron chi connectivity index (χ4n) is 4.38. The lowest BCUT2D eigenvalue weighted by atomic mass is 9.70. The zero-order valence-corrected chi connectivity index (χ0v) is 17.4. The fourth-order valence-corrected chi connectivity index (χ4v) is 4.38. The van der Waals surface area contributed by atoms with E-state index in [0.29, 0.717) is 24.3 Å². The van der Waals surface area contributed by atoms with Crippen LogP contribution in [0.4, 0.5) is 0 Å². The lowest BCUT2D eigenvalue weighted by molar-refractivity contribution is -0.138. The highest BCUT2D eigenvalue weighted by atomic mass is 16.4. The van der Waals surface area contributed by atoms with Gasteiger partial charge in [-0.2, -0.15) is 0 Å². The minimum atomic E-state index is -0.943. The highest BCUT2D eigenvalue weighted by Crippen LogP contribution is 2.38. The minimum absolute atomic E-state index is 0.0335. The van der Waals surface area contributed by atoms with Crippen LogP contribution >= 0.6 is 0 Å². The monoisotopic (exact) mass is 397 g/mol. The van der Waals surface area contributed by atoms with E-state index in [2.05, 4.69) is 43.2 Å². The number of amides is 1. The van der Waals surface area contributed by atoms with Crippen molar-refractivity contribution >= 4 is 22.9 Å². The zero-order chi connectivity index (χ0) is 21.0. The van der Waals surface area contributed by atoms with Crippen molar-refractivity contribution in [2.75, 3.05) is 6.54 Å². The molecular weight excluding hydrogens is 366 g/mol. The number of hydrogen-bond acceptors (Lipinski definition) is 3. The van der Waals surface area contributed by atoms with Crippen molar-refractivity contribution in [3.8, 4) is 0 Å². The van der Waals surface area contributed by atoms with Gasteiger partial charge in [-0.3, -0.25) is 9.59 Å². The number of carboxylic acids is 1. The van der Waals surface area contributed by atoms with Crippen LogP contribution < -0.4 is 5.32 Å². The first kappa shape index (κ1) is 21.1. The number of H-pyrrole nitrogens is 1. The second-order valence-corrected chi connectivity index (χ2v) is 8.52. The average Bonchev–Trinajstić information content (AvgIpc) is 3.08. The maximum absolute atomic E-state index is 11.9. The van der Waals surface area contributed by atoms with E-state index in [4.69, 9.17) is 10.1 Å². The van der Waals surface area contributed by atoms with Gasteiger partial charge in [-0.05, 0) is 49.1 Å². The third-order valence-corrected chi connectivity index (χ3v) is 6.06. The summed E-state index contributed by atoms with van der Waals surface area (Å²) in [6, 6.07) is 8.09. The number of para-hydroxylation sites is 2. The predicted molar refractivity (Wildman–Crippen MR) is 113 cm³/mol. The largest absolute Gasteiger partial charge is 0.481 e. The molecule has 0 unspecified atom stereocenters. The summed E-state index contributed by atoms with van der Waals surface area (Å²) in [5.74, 6) is 1.56. The van der Waals surface area contributed by atoms with E-state index in [0.717, 1.165) is 29.7 Å². The van der Waals surface area contributed by atoms with Crippen molar-refractivity contribution in [1.29, 1.82) is 0 Å². The van der Waals surface area contributed by atoms with Gasteiger partial charge in [-0.1, -0.05) is 37.6 Å². The Balaban J connectivity index is 1.66. The number of allylic oxidation sites excluding steroid dienone is 1. The van der Waals surface area contributed by atoms with Gasteiger partial charge in [0.15, 0.2) is 0 Å². The molecule has 0 fully saturated rings. The molecule has 0 saturated heterocycles. The van der Waals surface area contributed by atoms with E-state index < -0.39 is 5.97 Å². The van der Waals surface area contributed by atoms with E-state index in [-0.39, 0.29) is 24.7 Å². The number of aromatic nitrogens is 2. The molecule has 1 aliphatic carbocycles. The lowest BCUT2D eigenvalue weighted by Gasteiger charge is -2.37. The second-order valence-electron chi connectivity index (χ2n) is 8.52. The van der Waals surface area contributed by atoms with Crippen molar-refractivity contribution in [2.24, 2.45) is 23.7 Å². The molecule has 1 aromatic carbocycles. The SMILES string of the molecule is CC1=C[C@@H](CNC(=O)CCC(=O)O)[C@H](C(C)C)C[C@H]1Cc1nc2ccccc2[nH]1. The number of nitrogens with zero attached hydrogens (tertiary/aromatic N) is 1. The number of hydrogen-bond donors (Lipinski definition) is 3. The molecule has 0 radical (unpaired) electrons. The van der Waals surface area contributed by atoms with Crippen LogP contribution in [-0.4, -0.2) is 33.5 Å². The molecule has 0 saturated carbocycles. The highest BCUT2D eigenvalue weighted by Gasteiger charge is 2.32. The molecule has 6 heteroatoms. The summed E-state index contributed by atoms with van der Waals surface area (Å²) in [5, 5.41) is 11.7. The Bertz CT molecular complexity index is 867. The van der Waals surface area contributed by atoms with E-state index >= 15 is 0 Å². The van der Waals surface area contributed by atoms with E-state index in [1.54, 1.807) is 0 Å². The summed E-state index contributed by atoms with van der Waals surface area (Å²) in [4.78, 5) is 30.7. The first-order valence-electron chi connectivity index (χ1n) is 10.4. The first-order valence-corrected chi connectivity index (χ1v) is 10.4. The number of rotatable bonds is 8. The second kappa shape index (κ2) is 9.25. The number of aliphatic carboxylic acids is 1. The number of aromatic amines is 1. The maximum atomic E-state index is 11.9. The van der Waals surface area contributed by atoms with E-state index in [1.807, 2.05) is 18.2 Å². The molecule has 3 atom stereocenters. The van der Waals surface area contributed by atoms with Crippen LogP contribution in [0, 0.1) is 23.7 Å². The number of benzene rings is 1. The molecular formula is C23H31N3O3. The first-order chi connectivity index (χ1) is 13.8. The Hall–Kier alpha value is -2.63. The van der Waals surface area contributed by atoms with E-state index in [1.165, 1.54) is 5.57 Å². The van der Waals surface area contributed by atoms with Crippen molar-refractivity contribution in [1.82, 2.24) is 15.3 Å². The molecule has 1 aromatic heterocycles. The van der Waals surface area contributed by atoms with Gasteiger partial charge in [-0.25, -0.2) is 4.98 Å². The number of carboxylic acid groups (broad SMARTS) is 1. The Morgan fingerprint density at radius 2 is 2.03 bits per heavy atom. The third kappa shape index (κ3) is 5.46. The third-order valence-electron chi connectivity index (χ3n) is 6.06. The van der Waals surface area contributed by atoms with Crippen molar-refractivity contribution in [3.05, 3.63) is 41.7 Å². The number of imidazole rings is 1. The lowest BCUT2D eigenvalue weighted by Crippen LogP contribution is -2.37. The van der Waals surface area contributed by atoms with Crippen LogP contribution in [-0.2, 0) is 16.0 Å². The number of carbonyl (C=O) groups is 2. The van der Waals surface area contributed by atoms with Crippen molar-refractivity contribution < 1.29 is 14.7 Å². The molecule has 2 aromatic rings. The highest BCUT2D eigenvalue weighted by molar-refractivity contribution is 5.80. The Morgan fingerprint density at radius 1 is 1.28 bits per heavy atom. The summed E-state index contributed by atoms with van der Waals surface area (Å²) < 4.78 is 0. The van der Waals surface area contributed by atoms with Crippen LogP contribution in [0.1, 0.15) is 45.9 Å². The normalized spacial score (nSPS) is 21.9. The summed E-state index contributed by atoms with van der Waals surface area (Å²) in [7, 11) is 0. The Morgan fingerprint density at radius 3 is 2.72 bits per heavy atom. The number of carbonyl (C=O) groups excluding carboxylic acids is 1. The molecule has 0 aliphatic heterocycles. The summed E-state index contributed by atoms with van der Waals surface area (Å²) >= 11 is 0. The molecule has 1 amide bonds. The van der Waals surface area contributed by atoms with Crippen LogP contribution in [0.5, 0.6) is 0 Å². The smallest absolute Gasteiger partial charge is 0.303 e. The number of fused-ring (bicyclic) bond motifs is 1. The molecule has 1 heterocycles. The van der Waals surface area contributed by atoms with Gasteiger partial charge in [-0.15, -0.1) is 0 Å². The Kier molecular flexibility index (Phi) is 6.72. The van der Waals surface area contributed by atoms with Crippen molar-refractivity contribution in [3.63, 3.8) is 0 Å². The van der Waals surface area contributed by atoms with Gasteiger partial charge < -0.3 is 15.4 Å². The molecule has 3 N–H and O–H groups in total. The molecule has 1 aliphatic rings. The van der Waals surface area contributed by atoms with Crippen molar-refractivity contribution in [2.45, 2.75) is 46.5 Å². The molecule has 6 nitrogen and oxygen atoms in total. The fraction of sp³-hybridized carbons (Fsp3) is 0.522. The average molecular weight is 398 g/mol. The molecule has 0 spiro atoms. The van der Waals surface area contributed by atoms with E-state index in [9.17, 15) is 9.59 Å². The maximum Gasteiger partial charge on any atom is 0.303 e. The van der Waals surface area contributed by atoms with Gasteiger partial charge >= 0.3 is 5.97 Å². The molecule has 156 valence electrons. The summed E-state index contributed by atoms with van der Waals surface area (Å²) in [5.41, 5.74) is 3.41. The van der Waals surface area contributed by atoms with Gasteiger partial charge in [0, 0.05) is 19.4 Å². The van der Waals surface area contributed by atoms with Gasteiger partial charge in [0.2, 0.25) is 5.91 Å². The van der Waals surface area contributed by atoms with Gasteiger partial charge in [0.1, 0.15) is 5.82 Å². The Labute approximate surface area is 171 Å². The van der Waals surface area contributed by atoms with Crippen LogP contribution in [0.3, 0.4) is 0 Å². The topological polar surface area (TPSA) is 95.1 Å². The van der Waals surface area contributed by atoms with Crippen LogP contribution in [0.15, 0.2) is 35.9 Å². The molecule has 29 heavy (non-hydrogen) atoms.